The first-order chi connectivity index (χ1) is 13.4. The summed E-state index contributed by atoms with van der Waals surface area (Å²) < 4.78 is 43.6. The van der Waals surface area contributed by atoms with E-state index in [-0.39, 0.29) is 36.3 Å². The maximum Gasteiger partial charge on any atom is 0.573 e. The Morgan fingerprint density at radius 2 is 1.72 bits per heavy atom. The third-order valence-electron chi connectivity index (χ3n) is 4.16. The summed E-state index contributed by atoms with van der Waals surface area (Å²) in [6.07, 6.45) is -4.74. The molecule has 1 heterocycles. The average Bonchev–Trinajstić information content (AvgIpc) is 2.98. The van der Waals surface area contributed by atoms with Crippen molar-refractivity contribution in [1.82, 2.24) is 20.2 Å². The van der Waals surface area contributed by atoms with Gasteiger partial charge in [-0.2, -0.15) is 0 Å². The molecular weight excluding hydrogens is 498 g/mol. The fourth-order valence-corrected chi connectivity index (χ4v) is 2.79. The topological polar surface area (TPSA) is 63.5 Å². The van der Waals surface area contributed by atoms with E-state index in [9.17, 15) is 13.2 Å². The summed E-state index contributed by atoms with van der Waals surface area (Å²) in [4.78, 5) is 8.66. The Hall–Kier alpha value is -2.50. The van der Waals surface area contributed by atoms with Gasteiger partial charge in [0.05, 0.1) is 17.6 Å². The molecule has 0 aliphatic heterocycles. The number of aromatic nitrogens is 2. The first-order valence-corrected chi connectivity index (χ1v) is 8.56. The predicted molar refractivity (Wildman–Crippen MR) is 116 cm³/mol. The summed E-state index contributed by atoms with van der Waals surface area (Å²) in [5.74, 6) is 1.01. The van der Waals surface area contributed by atoms with Crippen LogP contribution in [-0.2, 0) is 20.1 Å². The molecule has 0 fully saturated rings. The molecule has 0 atom stereocenters. The number of rotatable bonds is 5. The van der Waals surface area contributed by atoms with Gasteiger partial charge in [0, 0.05) is 26.2 Å². The summed E-state index contributed by atoms with van der Waals surface area (Å²) in [7, 11) is 3.51. The third-order valence-corrected chi connectivity index (χ3v) is 4.16. The highest BCUT2D eigenvalue weighted by Gasteiger charge is 2.31. The molecule has 0 unspecified atom stereocenters. The number of guanidine groups is 1. The van der Waals surface area contributed by atoms with E-state index in [1.54, 1.807) is 19.2 Å². The predicted octanol–water partition coefficient (Wildman–Crippen LogP) is 3.96. The molecule has 2 N–H and O–H groups in total. The van der Waals surface area contributed by atoms with Crippen molar-refractivity contribution in [1.29, 1.82) is 0 Å². The quantitative estimate of drug-likeness (QED) is 0.305. The van der Waals surface area contributed by atoms with Gasteiger partial charge in [-0.25, -0.2) is 4.98 Å². The zero-order valence-corrected chi connectivity index (χ0v) is 18.2. The second-order valence-corrected chi connectivity index (χ2v) is 6.01. The molecular formula is C19H21F3IN5O. The minimum absolute atomic E-state index is 0. The Balaban J connectivity index is 0.00000300. The summed E-state index contributed by atoms with van der Waals surface area (Å²) in [6, 6.07) is 13.8. The molecule has 10 heteroatoms. The first-order valence-electron chi connectivity index (χ1n) is 8.56. The number of halogens is 4. The van der Waals surface area contributed by atoms with Gasteiger partial charge in [0.1, 0.15) is 11.6 Å². The number of hydrogen-bond acceptors (Lipinski definition) is 3. The molecule has 0 aliphatic carbocycles. The summed E-state index contributed by atoms with van der Waals surface area (Å²) in [5.41, 5.74) is 2.27. The van der Waals surface area contributed by atoms with E-state index < -0.39 is 6.36 Å². The Kier molecular flexibility index (Phi) is 7.71. The first kappa shape index (κ1) is 22.8. The smallest absolute Gasteiger partial charge is 0.405 e. The molecule has 2 aromatic carbocycles. The second-order valence-electron chi connectivity index (χ2n) is 6.01. The van der Waals surface area contributed by atoms with Crippen molar-refractivity contribution >= 4 is 41.0 Å². The molecule has 3 rings (SSSR count). The number of para-hydroxylation sites is 3. The van der Waals surface area contributed by atoms with Crippen LogP contribution in [0.4, 0.5) is 13.2 Å². The van der Waals surface area contributed by atoms with E-state index in [1.165, 1.54) is 12.1 Å². The molecule has 0 saturated carbocycles. The maximum atomic E-state index is 12.5. The van der Waals surface area contributed by atoms with E-state index in [1.807, 2.05) is 35.9 Å². The van der Waals surface area contributed by atoms with E-state index >= 15 is 0 Å². The van der Waals surface area contributed by atoms with Crippen molar-refractivity contribution in [3.63, 3.8) is 0 Å². The highest BCUT2D eigenvalue weighted by molar-refractivity contribution is 14.0. The largest absolute Gasteiger partial charge is 0.573 e. The number of hydrogen-bond donors (Lipinski definition) is 2. The molecule has 0 spiro atoms. The Morgan fingerprint density at radius 3 is 2.41 bits per heavy atom. The number of benzene rings is 2. The van der Waals surface area contributed by atoms with Crippen LogP contribution in [0.1, 0.15) is 11.4 Å². The number of fused-ring (bicyclic) bond motifs is 1. The zero-order valence-electron chi connectivity index (χ0n) is 15.8. The fourth-order valence-electron chi connectivity index (χ4n) is 2.79. The van der Waals surface area contributed by atoms with Crippen molar-refractivity contribution in [3.05, 3.63) is 59.9 Å². The van der Waals surface area contributed by atoms with Gasteiger partial charge in [-0.1, -0.05) is 30.3 Å². The van der Waals surface area contributed by atoms with E-state index in [0.717, 1.165) is 16.9 Å². The van der Waals surface area contributed by atoms with Gasteiger partial charge < -0.3 is 19.9 Å². The van der Waals surface area contributed by atoms with Crippen LogP contribution in [-0.4, -0.2) is 28.9 Å². The summed E-state index contributed by atoms with van der Waals surface area (Å²) in [5, 5.41) is 6.11. The zero-order chi connectivity index (χ0) is 20.1. The lowest BCUT2D eigenvalue weighted by atomic mass is 10.2. The number of aryl methyl sites for hydroxylation is 1. The Labute approximate surface area is 183 Å². The number of nitrogens with one attached hydrogen (secondary N) is 2. The molecule has 6 nitrogen and oxygen atoms in total. The molecule has 1 aromatic heterocycles. The van der Waals surface area contributed by atoms with Crippen molar-refractivity contribution in [3.8, 4) is 5.75 Å². The number of ether oxygens (including phenoxy) is 1. The standard InChI is InChI=1S/C19H20F3N5O.HI/c1-23-18(24-11-13-7-3-6-10-16(13)28-19(20,21)22)25-12-17-26-14-8-4-5-9-15(14)27(17)2;/h3-10H,11-12H2,1-2H3,(H2,23,24,25);1H. The second kappa shape index (κ2) is 9.81. The van der Waals surface area contributed by atoms with Gasteiger partial charge >= 0.3 is 6.36 Å². The highest BCUT2D eigenvalue weighted by Crippen LogP contribution is 2.26. The molecule has 3 aromatic rings. The SMILES string of the molecule is CN=C(NCc1ccccc1OC(F)(F)F)NCc1nc2ccccc2n1C.I. The molecule has 0 aliphatic rings. The number of imidazole rings is 1. The van der Waals surface area contributed by atoms with Gasteiger partial charge in [0.2, 0.25) is 0 Å². The van der Waals surface area contributed by atoms with Crippen LogP contribution in [0.5, 0.6) is 5.75 Å². The fraction of sp³-hybridized carbons (Fsp3) is 0.263. The normalized spacial score (nSPS) is 11.8. The van der Waals surface area contributed by atoms with Crippen LogP contribution in [0.25, 0.3) is 11.0 Å². The number of nitrogens with zero attached hydrogens (tertiary/aromatic N) is 3. The molecule has 0 amide bonds. The van der Waals surface area contributed by atoms with Crippen molar-refractivity contribution < 1.29 is 17.9 Å². The van der Waals surface area contributed by atoms with Crippen molar-refractivity contribution in [2.45, 2.75) is 19.5 Å². The molecule has 0 bridgehead atoms. The molecule has 0 saturated heterocycles. The average molecular weight is 519 g/mol. The summed E-state index contributed by atoms with van der Waals surface area (Å²) in [6.45, 7) is 0.528. The minimum atomic E-state index is -4.74. The van der Waals surface area contributed by atoms with Crippen LogP contribution >= 0.6 is 24.0 Å². The van der Waals surface area contributed by atoms with E-state index in [4.69, 9.17) is 0 Å². The maximum absolute atomic E-state index is 12.5. The van der Waals surface area contributed by atoms with Crippen LogP contribution in [0.2, 0.25) is 0 Å². The van der Waals surface area contributed by atoms with Crippen LogP contribution in [0, 0.1) is 0 Å². The Bertz CT molecular complexity index is 987. The van der Waals surface area contributed by atoms with Gasteiger partial charge in [0.25, 0.3) is 0 Å². The van der Waals surface area contributed by atoms with Crippen LogP contribution < -0.4 is 15.4 Å². The number of aliphatic imine (C=N–C) groups is 1. The van der Waals surface area contributed by atoms with Gasteiger partial charge in [0.15, 0.2) is 5.96 Å². The van der Waals surface area contributed by atoms with Gasteiger partial charge in [-0.15, -0.1) is 37.1 Å². The minimum Gasteiger partial charge on any atom is -0.405 e. The number of alkyl halides is 3. The van der Waals surface area contributed by atoms with Crippen LogP contribution in [0.15, 0.2) is 53.5 Å². The lowest BCUT2D eigenvalue weighted by molar-refractivity contribution is -0.274. The van der Waals surface area contributed by atoms with Gasteiger partial charge in [-0.05, 0) is 18.2 Å². The highest BCUT2D eigenvalue weighted by atomic mass is 127. The van der Waals surface area contributed by atoms with E-state index in [0.29, 0.717) is 18.1 Å². The van der Waals surface area contributed by atoms with Gasteiger partial charge in [-0.3, -0.25) is 4.99 Å². The molecule has 0 radical (unpaired) electrons. The van der Waals surface area contributed by atoms with Crippen molar-refractivity contribution in [2.75, 3.05) is 7.05 Å². The monoisotopic (exact) mass is 519 g/mol. The lowest BCUT2D eigenvalue weighted by Gasteiger charge is -2.15. The van der Waals surface area contributed by atoms with Crippen LogP contribution in [0.3, 0.4) is 0 Å². The summed E-state index contributed by atoms with van der Waals surface area (Å²) >= 11 is 0. The lowest BCUT2D eigenvalue weighted by Crippen LogP contribution is -2.37. The molecule has 156 valence electrons. The molecule has 29 heavy (non-hydrogen) atoms. The Morgan fingerprint density at radius 1 is 1.07 bits per heavy atom. The third kappa shape index (κ3) is 5.99. The van der Waals surface area contributed by atoms with Crippen molar-refractivity contribution in [2.24, 2.45) is 12.0 Å². The van der Waals surface area contributed by atoms with E-state index in [2.05, 4.69) is 25.3 Å².